The average molecular weight is 272 g/mol. The van der Waals surface area contributed by atoms with E-state index in [4.69, 9.17) is 4.74 Å². The van der Waals surface area contributed by atoms with Gasteiger partial charge in [-0.3, -0.25) is 0 Å². The van der Waals surface area contributed by atoms with Crippen LogP contribution in [0.3, 0.4) is 0 Å². The number of hydrogen-bond donors (Lipinski definition) is 2. The fraction of sp³-hybridized carbons (Fsp3) is 0.500. The zero-order chi connectivity index (χ0) is 13.6. The molecule has 5 nitrogen and oxygen atoms in total. The summed E-state index contributed by atoms with van der Waals surface area (Å²) in [7, 11) is -0.112. The van der Waals surface area contributed by atoms with Gasteiger partial charge in [-0.05, 0) is 38.6 Å². The van der Waals surface area contributed by atoms with Gasteiger partial charge in [0.05, 0.1) is 12.0 Å². The Kier molecular flexibility index (Phi) is 5.58. The van der Waals surface area contributed by atoms with Gasteiger partial charge in [0.2, 0.25) is 10.0 Å². The summed E-state index contributed by atoms with van der Waals surface area (Å²) >= 11 is 0. The molecule has 0 unspecified atom stereocenters. The van der Waals surface area contributed by atoms with E-state index in [0.717, 1.165) is 13.0 Å². The molecule has 0 saturated heterocycles. The van der Waals surface area contributed by atoms with Gasteiger partial charge < -0.3 is 10.1 Å². The Balaban J connectivity index is 2.83. The van der Waals surface area contributed by atoms with E-state index in [1.165, 1.54) is 13.2 Å². The van der Waals surface area contributed by atoms with E-state index >= 15 is 0 Å². The van der Waals surface area contributed by atoms with E-state index in [9.17, 15) is 8.42 Å². The Morgan fingerprint density at radius 2 is 2.00 bits per heavy atom. The van der Waals surface area contributed by atoms with Crippen molar-refractivity contribution in [3.8, 4) is 5.75 Å². The van der Waals surface area contributed by atoms with Crippen LogP contribution in [0, 0.1) is 6.92 Å². The molecule has 0 spiro atoms. The first-order chi connectivity index (χ1) is 8.51. The molecule has 0 amide bonds. The SMILES string of the molecule is CNCCCNS(=O)(=O)c1cc(OC)ccc1C. The minimum atomic E-state index is -3.46. The van der Waals surface area contributed by atoms with Crippen molar-refractivity contribution in [2.75, 3.05) is 27.2 Å². The van der Waals surface area contributed by atoms with Gasteiger partial charge in [0, 0.05) is 12.6 Å². The molecular weight excluding hydrogens is 252 g/mol. The van der Waals surface area contributed by atoms with Gasteiger partial charge in [0.25, 0.3) is 0 Å². The van der Waals surface area contributed by atoms with Crippen molar-refractivity contribution in [1.29, 1.82) is 0 Å². The zero-order valence-electron chi connectivity index (χ0n) is 11.0. The fourth-order valence-electron chi connectivity index (χ4n) is 1.55. The first-order valence-corrected chi connectivity index (χ1v) is 7.28. The van der Waals surface area contributed by atoms with Gasteiger partial charge in [-0.25, -0.2) is 13.1 Å². The van der Waals surface area contributed by atoms with E-state index in [1.54, 1.807) is 19.1 Å². The highest BCUT2D eigenvalue weighted by atomic mass is 32.2. The predicted octanol–water partition coefficient (Wildman–Crippen LogP) is 0.891. The predicted molar refractivity (Wildman–Crippen MR) is 71.5 cm³/mol. The van der Waals surface area contributed by atoms with Crippen LogP contribution in [0.15, 0.2) is 23.1 Å². The standard InChI is InChI=1S/C12H20N2O3S/c1-10-5-6-11(17-3)9-12(10)18(15,16)14-8-4-7-13-2/h5-6,9,13-14H,4,7-8H2,1-3H3. The maximum absolute atomic E-state index is 12.1. The Morgan fingerprint density at radius 1 is 1.28 bits per heavy atom. The third-order valence-electron chi connectivity index (χ3n) is 2.58. The van der Waals surface area contributed by atoms with Crippen molar-refractivity contribution < 1.29 is 13.2 Å². The van der Waals surface area contributed by atoms with Crippen molar-refractivity contribution in [2.24, 2.45) is 0 Å². The highest BCUT2D eigenvalue weighted by Crippen LogP contribution is 2.21. The fourth-order valence-corrected chi connectivity index (χ4v) is 2.88. The minimum absolute atomic E-state index is 0.270. The van der Waals surface area contributed by atoms with Gasteiger partial charge in [0.1, 0.15) is 5.75 Å². The van der Waals surface area contributed by atoms with Crippen LogP contribution < -0.4 is 14.8 Å². The Bertz CT molecular complexity index is 486. The van der Waals surface area contributed by atoms with Crippen LogP contribution in [0.25, 0.3) is 0 Å². The summed E-state index contributed by atoms with van der Waals surface area (Å²) in [5.41, 5.74) is 0.705. The van der Waals surface area contributed by atoms with Crippen LogP contribution >= 0.6 is 0 Å². The van der Waals surface area contributed by atoms with E-state index in [2.05, 4.69) is 10.0 Å². The summed E-state index contributed by atoms with van der Waals surface area (Å²) in [5.74, 6) is 0.538. The lowest BCUT2D eigenvalue weighted by atomic mass is 10.2. The molecule has 1 rings (SSSR count). The Hall–Kier alpha value is -1.11. The van der Waals surface area contributed by atoms with Crippen LogP contribution in [0.2, 0.25) is 0 Å². The largest absolute Gasteiger partial charge is 0.497 e. The molecule has 0 heterocycles. The van der Waals surface area contributed by atoms with E-state index < -0.39 is 10.0 Å². The van der Waals surface area contributed by atoms with Crippen molar-refractivity contribution in [2.45, 2.75) is 18.2 Å². The van der Waals surface area contributed by atoms with Crippen LogP contribution in [-0.2, 0) is 10.0 Å². The lowest BCUT2D eigenvalue weighted by molar-refractivity contribution is 0.413. The Morgan fingerprint density at radius 3 is 2.61 bits per heavy atom. The number of hydrogen-bond acceptors (Lipinski definition) is 4. The molecule has 0 aromatic heterocycles. The normalized spacial score (nSPS) is 11.5. The maximum atomic E-state index is 12.1. The van der Waals surface area contributed by atoms with Gasteiger partial charge >= 0.3 is 0 Å². The molecule has 18 heavy (non-hydrogen) atoms. The lowest BCUT2D eigenvalue weighted by Gasteiger charge is -2.10. The molecule has 0 aliphatic carbocycles. The van der Waals surface area contributed by atoms with Crippen molar-refractivity contribution in [3.05, 3.63) is 23.8 Å². The molecule has 1 aromatic rings. The zero-order valence-corrected chi connectivity index (χ0v) is 11.8. The first-order valence-electron chi connectivity index (χ1n) is 5.80. The summed E-state index contributed by atoms with van der Waals surface area (Å²) in [6.07, 6.45) is 0.749. The molecule has 2 N–H and O–H groups in total. The van der Waals surface area contributed by atoms with Gasteiger partial charge in [-0.2, -0.15) is 0 Å². The minimum Gasteiger partial charge on any atom is -0.497 e. The molecule has 1 aromatic carbocycles. The van der Waals surface area contributed by atoms with Crippen molar-refractivity contribution >= 4 is 10.0 Å². The number of benzene rings is 1. The Labute approximate surface area is 109 Å². The number of aryl methyl sites for hydroxylation is 1. The molecule has 6 heteroatoms. The van der Waals surface area contributed by atoms with Gasteiger partial charge in [0.15, 0.2) is 0 Å². The smallest absolute Gasteiger partial charge is 0.240 e. The molecule has 102 valence electrons. The molecule has 0 aliphatic heterocycles. The number of methoxy groups -OCH3 is 1. The number of rotatable bonds is 7. The molecule has 0 atom stereocenters. The van der Waals surface area contributed by atoms with Crippen molar-refractivity contribution in [1.82, 2.24) is 10.0 Å². The molecule has 0 radical (unpaired) electrons. The second kappa shape index (κ2) is 6.72. The van der Waals surface area contributed by atoms with Crippen LogP contribution in [0.1, 0.15) is 12.0 Å². The third-order valence-corrected chi connectivity index (χ3v) is 4.18. The molecule has 0 fully saturated rings. The summed E-state index contributed by atoms with van der Waals surface area (Å²) in [6.45, 7) is 2.96. The summed E-state index contributed by atoms with van der Waals surface area (Å²) < 4.78 is 31.8. The topological polar surface area (TPSA) is 67.4 Å². The van der Waals surface area contributed by atoms with Crippen LogP contribution in [0.5, 0.6) is 5.75 Å². The molecule has 0 aliphatic rings. The van der Waals surface area contributed by atoms with Crippen LogP contribution in [-0.4, -0.2) is 35.7 Å². The van der Waals surface area contributed by atoms with E-state index in [0.29, 0.717) is 17.9 Å². The van der Waals surface area contributed by atoms with E-state index in [1.807, 2.05) is 7.05 Å². The number of ether oxygens (including phenoxy) is 1. The van der Waals surface area contributed by atoms with Crippen molar-refractivity contribution in [3.63, 3.8) is 0 Å². The molecule has 0 bridgehead atoms. The summed E-state index contributed by atoms with van der Waals surface area (Å²) in [6, 6.07) is 5.02. The first kappa shape index (κ1) is 14.9. The summed E-state index contributed by atoms with van der Waals surface area (Å²) in [4.78, 5) is 0.270. The molecular formula is C12H20N2O3S. The van der Waals surface area contributed by atoms with E-state index in [-0.39, 0.29) is 4.90 Å². The second-order valence-corrected chi connectivity index (χ2v) is 5.72. The monoisotopic (exact) mass is 272 g/mol. The van der Waals surface area contributed by atoms with Gasteiger partial charge in [-0.1, -0.05) is 6.07 Å². The second-order valence-electron chi connectivity index (χ2n) is 3.99. The van der Waals surface area contributed by atoms with Gasteiger partial charge in [-0.15, -0.1) is 0 Å². The van der Waals surface area contributed by atoms with Crippen LogP contribution in [0.4, 0.5) is 0 Å². The highest BCUT2D eigenvalue weighted by Gasteiger charge is 2.16. The number of nitrogens with one attached hydrogen (secondary N) is 2. The quantitative estimate of drug-likeness (QED) is 0.723. The molecule has 0 saturated carbocycles. The summed E-state index contributed by atoms with van der Waals surface area (Å²) in [5, 5.41) is 2.97. The average Bonchev–Trinajstić information content (AvgIpc) is 2.35. The third kappa shape index (κ3) is 3.97. The maximum Gasteiger partial charge on any atom is 0.240 e. The number of sulfonamides is 1. The highest BCUT2D eigenvalue weighted by molar-refractivity contribution is 7.89. The lowest BCUT2D eigenvalue weighted by Crippen LogP contribution is -2.27.